The molecule has 0 bridgehead atoms. The van der Waals surface area contributed by atoms with E-state index in [9.17, 15) is 14.4 Å². The lowest BCUT2D eigenvalue weighted by Gasteiger charge is -2.18. The van der Waals surface area contributed by atoms with Crippen LogP contribution in [-0.2, 0) is 28.6 Å². The molecule has 0 aliphatic carbocycles. The number of esters is 3. The highest BCUT2D eigenvalue weighted by molar-refractivity contribution is 5.72. The molecule has 0 spiro atoms. The summed E-state index contributed by atoms with van der Waals surface area (Å²) in [7, 11) is 0. The molecule has 0 radical (unpaired) electrons. The minimum Gasteiger partial charge on any atom is -0.462 e. The lowest BCUT2D eigenvalue weighted by Crippen LogP contribution is -2.30. The van der Waals surface area contributed by atoms with Crippen molar-refractivity contribution < 1.29 is 28.6 Å². The van der Waals surface area contributed by atoms with E-state index in [1.165, 1.54) is 109 Å². The number of carbonyl (C=O) groups is 3. The summed E-state index contributed by atoms with van der Waals surface area (Å²) in [6.07, 6.45) is 98.6. The van der Waals surface area contributed by atoms with E-state index >= 15 is 0 Å². The van der Waals surface area contributed by atoms with E-state index in [1.807, 2.05) is 6.08 Å². The summed E-state index contributed by atoms with van der Waals surface area (Å²) >= 11 is 0. The maximum Gasteiger partial charge on any atom is 0.310 e. The van der Waals surface area contributed by atoms with Gasteiger partial charge in [0, 0.05) is 12.8 Å². The van der Waals surface area contributed by atoms with Gasteiger partial charge in [0.25, 0.3) is 0 Å². The van der Waals surface area contributed by atoms with Gasteiger partial charge in [-0.15, -0.1) is 0 Å². The first-order valence-corrected chi connectivity index (χ1v) is 33.0. The van der Waals surface area contributed by atoms with Crippen LogP contribution in [0.25, 0.3) is 0 Å². The van der Waals surface area contributed by atoms with Crippen LogP contribution in [0.5, 0.6) is 0 Å². The number of rotatable bonds is 58. The molecule has 81 heavy (non-hydrogen) atoms. The van der Waals surface area contributed by atoms with Gasteiger partial charge < -0.3 is 14.2 Å². The SMILES string of the molecule is CC/C=C\C/C=C\C/C=C\C/C=C\C/C=C\C/C=C\C/C=C\CCCCCCCCCCCCCC(=O)OCC(COC(=O)CCCCCCC/C=C\CCCCCCCC)OC(=O)C/C=C\C/C=C\C/C=C\C/C=C\C/C=C\CC. The molecule has 0 aromatic heterocycles. The van der Waals surface area contributed by atoms with Crippen molar-refractivity contribution in [2.45, 2.75) is 284 Å². The van der Waals surface area contributed by atoms with Crippen molar-refractivity contribution in [2.75, 3.05) is 13.2 Å². The van der Waals surface area contributed by atoms with E-state index in [-0.39, 0.29) is 31.6 Å². The van der Waals surface area contributed by atoms with Gasteiger partial charge in [0.15, 0.2) is 6.10 Å². The van der Waals surface area contributed by atoms with Crippen LogP contribution in [0.15, 0.2) is 158 Å². The quantitative estimate of drug-likeness (QED) is 0.0261. The van der Waals surface area contributed by atoms with Crippen LogP contribution < -0.4 is 0 Å². The average molecular weight is 1120 g/mol. The van der Waals surface area contributed by atoms with Gasteiger partial charge in [0.05, 0.1) is 6.42 Å². The second-order valence-electron chi connectivity index (χ2n) is 21.3. The second kappa shape index (κ2) is 67.5. The maximum atomic E-state index is 12.8. The van der Waals surface area contributed by atoms with E-state index in [0.29, 0.717) is 19.3 Å². The van der Waals surface area contributed by atoms with Crippen molar-refractivity contribution in [3.8, 4) is 0 Å². The number of ether oxygens (including phenoxy) is 3. The summed E-state index contributed by atoms with van der Waals surface area (Å²) in [6, 6.07) is 0. The minimum absolute atomic E-state index is 0.0892. The number of allylic oxidation sites excluding steroid dienone is 25. The number of hydrogen-bond donors (Lipinski definition) is 0. The van der Waals surface area contributed by atoms with Crippen LogP contribution in [0.1, 0.15) is 278 Å². The Kier molecular flexibility index (Phi) is 63.4. The topological polar surface area (TPSA) is 78.9 Å². The first-order chi connectivity index (χ1) is 40.0. The third-order valence-electron chi connectivity index (χ3n) is 13.5. The van der Waals surface area contributed by atoms with E-state index in [4.69, 9.17) is 14.2 Å². The van der Waals surface area contributed by atoms with Gasteiger partial charge >= 0.3 is 17.9 Å². The minimum atomic E-state index is -0.844. The predicted octanol–water partition coefficient (Wildman–Crippen LogP) is 22.9. The molecule has 0 heterocycles. The lowest BCUT2D eigenvalue weighted by atomic mass is 10.0. The van der Waals surface area contributed by atoms with E-state index in [0.717, 1.165) is 122 Å². The molecule has 1 unspecified atom stereocenters. The number of carbonyl (C=O) groups excluding carboxylic acids is 3. The standard InChI is InChI=1S/C75H120O6/c1-4-7-10-13-16-19-22-25-28-29-30-31-32-33-34-35-36-37-38-39-40-41-42-43-44-45-48-50-53-56-59-62-65-68-74(77)80-71-72(81-75(78)69-66-63-60-57-54-51-47-27-24-21-18-15-12-9-6-3)70-79-73(76)67-64-61-58-55-52-49-46-26-23-20-17-14-11-8-5-2/h7,9-10,12,16,18-19,21,25-28,30-31,33-34,36-37,39-40,46-47,54,57,63,66,72H,4-6,8,11,13-15,17,20,22-24,29,32,35,38,41-45,48-53,55-56,58-62,64-65,67-71H2,1-3H3/b10-7-,12-9-,19-16-,21-18-,28-25-,31-30-,34-33-,37-36-,40-39-,46-26-,47-27-,57-54-,66-63-. The molecule has 0 aromatic rings. The monoisotopic (exact) mass is 1120 g/mol. The Labute approximate surface area is 499 Å². The summed E-state index contributed by atoms with van der Waals surface area (Å²) < 4.78 is 16.8. The first-order valence-electron chi connectivity index (χ1n) is 33.0. The molecular weight excluding hydrogens is 997 g/mol. The molecule has 0 amide bonds. The van der Waals surface area contributed by atoms with Crippen LogP contribution in [0, 0.1) is 0 Å². The Morgan fingerprint density at radius 2 is 0.519 bits per heavy atom. The fourth-order valence-electron chi connectivity index (χ4n) is 8.67. The molecule has 0 rings (SSSR count). The number of hydrogen-bond acceptors (Lipinski definition) is 6. The van der Waals surface area contributed by atoms with E-state index in [1.54, 1.807) is 6.08 Å². The highest BCUT2D eigenvalue weighted by atomic mass is 16.6. The fourth-order valence-corrected chi connectivity index (χ4v) is 8.67. The molecule has 0 saturated heterocycles. The van der Waals surface area contributed by atoms with Gasteiger partial charge in [0.2, 0.25) is 0 Å². The first kappa shape index (κ1) is 76.0. The molecular formula is C75H120O6. The summed E-state index contributed by atoms with van der Waals surface area (Å²) in [6.45, 7) is 6.31. The van der Waals surface area contributed by atoms with Gasteiger partial charge in [-0.3, -0.25) is 14.4 Å². The van der Waals surface area contributed by atoms with Crippen LogP contribution in [-0.4, -0.2) is 37.2 Å². The largest absolute Gasteiger partial charge is 0.462 e. The van der Waals surface area contributed by atoms with Gasteiger partial charge in [0.1, 0.15) is 13.2 Å². The normalized spacial score (nSPS) is 13.2. The van der Waals surface area contributed by atoms with E-state index < -0.39 is 12.1 Å². The molecule has 6 nitrogen and oxygen atoms in total. The zero-order valence-electron chi connectivity index (χ0n) is 52.2. The molecule has 0 N–H and O–H groups in total. The number of unbranched alkanes of at least 4 members (excludes halogenated alkanes) is 22. The van der Waals surface area contributed by atoms with Crippen molar-refractivity contribution >= 4 is 17.9 Å². The molecule has 1 atom stereocenters. The zero-order valence-corrected chi connectivity index (χ0v) is 52.2. The Bertz CT molecular complexity index is 1810. The zero-order chi connectivity index (χ0) is 58.5. The second-order valence-corrected chi connectivity index (χ2v) is 21.3. The van der Waals surface area contributed by atoms with Crippen molar-refractivity contribution in [2.24, 2.45) is 0 Å². The van der Waals surface area contributed by atoms with Crippen molar-refractivity contribution in [3.05, 3.63) is 158 Å². The Balaban J connectivity index is 4.33. The molecule has 6 heteroatoms. The predicted molar refractivity (Wildman–Crippen MR) is 352 cm³/mol. The molecule has 0 aromatic carbocycles. The molecule has 0 aliphatic rings. The van der Waals surface area contributed by atoms with Gasteiger partial charge in [-0.2, -0.15) is 0 Å². The van der Waals surface area contributed by atoms with Crippen molar-refractivity contribution in [3.63, 3.8) is 0 Å². The Morgan fingerprint density at radius 3 is 0.827 bits per heavy atom. The Hall–Kier alpha value is -4.97. The third kappa shape index (κ3) is 65.7. The third-order valence-corrected chi connectivity index (χ3v) is 13.5. The lowest BCUT2D eigenvalue weighted by molar-refractivity contribution is -0.166. The molecule has 0 aliphatic heterocycles. The molecule has 0 fully saturated rings. The van der Waals surface area contributed by atoms with Crippen LogP contribution in [0.2, 0.25) is 0 Å². The molecule has 456 valence electrons. The van der Waals surface area contributed by atoms with Crippen molar-refractivity contribution in [1.29, 1.82) is 0 Å². The Morgan fingerprint density at radius 1 is 0.272 bits per heavy atom. The summed E-state index contributed by atoms with van der Waals surface area (Å²) in [5.74, 6) is -1.07. The fraction of sp³-hybridized carbons (Fsp3) is 0.613. The van der Waals surface area contributed by atoms with Gasteiger partial charge in [-0.05, 0) is 128 Å². The van der Waals surface area contributed by atoms with Gasteiger partial charge in [-0.1, -0.05) is 288 Å². The van der Waals surface area contributed by atoms with Crippen LogP contribution in [0.4, 0.5) is 0 Å². The molecule has 0 saturated carbocycles. The van der Waals surface area contributed by atoms with E-state index in [2.05, 4.69) is 167 Å². The van der Waals surface area contributed by atoms with Gasteiger partial charge in [-0.25, -0.2) is 0 Å². The maximum absolute atomic E-state index is 12.8. The summed E-state index contributed by atoms with van der Waals surface area (Å²) in [4.78, 5) is 38.2. The summed E-state index contributed by atoms with van der Waals surface area (Å²) in [5.41, 5.74) is 0. The van der Waals surface area contributed by atoms with Crippen molar-refractivity contribution in [1.82, 2.24) is 0 Å². The summed E-state index contributed by atoms with van der Waals surface area (Å²) in [5, 5.41) is 0. The highest BCUT2D eigenvalue weighted by Crippen LogP contribution is 2.15. The van der Waals surface area contributed by atoms with Crippen LogP contribution in [0.3, 0.4) is 0 Å². The average Bonchev–Trinajstić information content (AvgIpc) is 3.47. The highest BCUT2D eigenvalue weighted by Gasteiger charge is 2.19. The van der Waals surface area contributed by atoms with Crippen LogP contribution >= 0.6 is 0 Å². The smallest absolute Gasteiger partial charge is 0.310 e.